The second-order valence-corrected chi connectivity index (χ2v) is 5.49. The van der Waals surface area contributed by atoms with Gasteiger partial charge in [0.1, 0.15) is 5.73 Å². The Hall–Kier alpha value is -1.47. The zero-order valence-corrected chi connectivity index (χ0v) is 11.5. The van der Waals surface area contributed by atoms with Gasteiger partial charge in [0.25, 0.3) is 0 Å². The minimum absolute atomic E-state index is 0.146. The number of halogens is 1. The first-order valence-corrected chi connectivity index (χ1v) is 6.01. The van der Waals surface area contributed by atoms with Crippen LogP contribution in [0.4, 0.5) is 10.3 Å². The first-order valence-electron chi connectivity index (χ1n) is 6.01. The van der Waals surface area contributed by atoms with Crippen molar-refractivity contribution < 1.29 is 13.7 Å². The van der Waals surface area contributed by atoms with Gasteiger partial charge in [0, 0.05) is 18.0 Å². The number of hydrogen-bond acceptors (Lipinski definition) is 5. The Kier molecular flexibility index (Phi) is 3.36. The fourth-order valence-electron chi connectivity index (χ4n) is 1.61. The smallest absolute Gasteiger partial charge is 0.398 e. The summed E-state index contributed by atoms with van der Waals surface area (Å²) in [5.74, 6) is 0.146. The summed E-state index contributed by atoms with van der Waals surface area (Å²) >= 11 is 0. The molecule has 0 bridgehead atoms. The molecule has 19 heavy (non-hydrogen) atoms. The molecule has 0 atom stereocenters. The van der Waals surface area contributed by atoms with Crippen molar-refractivity contribution in [2.45, 2.75) is 38.9 Å². The van der Waals surface area contributed by atoms with Crippen LogP contribution in [-0.2, 0) is 9.31 Å². The molecule has 1 saturated heterocycles. The van der Waals surface area contributed by atoms with Crippen LogP contribution in [0.15, 0.2) is 18.1 Å². The average Bonchev–Trinajstić information content (AvgIpc) is 2.51. The predicted octanol–water partition coefficient (Wildman–Crippen LogP) is 2.00. The molecule has 7 heteroatoms. The number of nitrogens with two attached hydrogens (primary N) is 1. The second-order valence-electron chi connectivity index (χ2n) is 5.49. The van der Waals surface area contributed by atoms with Crippen molar-refractivity contribution in [3.63, 3.8) is 0 Å². The van der Waals surface area contributed by atoms with Crippen molar-refractivity contribution in [2.75, 3.05) is 5.73 Å². The highest BCUT2D eigenvalue weighted by Gasteiger charge is 2.53. The number of nitrogen functional groups attached to an aromatic ring is 1. The van der Waals surface area contributed by atoms with Crippen molar-refractivity contribution in [3.8, 4) is 0 Å². The number of nitrogens with zero attached hydrogens (tertiary/aromatic N) is 2. The Morgan fingerprint density at radius 3 is 2.16 bits per heavy atom. The van der Waals surface area contributed by atoms with Gasteiger partial charge in [-0.1, -0.05) is 0 Å². The number of rotatable bonds is 2. The third-order valence-electron chi connectivity index (χ3n) is 3.47. The average molecular weight is 265 g/mol. The Morgan fingerprint density at radius 2 is 1.68 bits per heavy atom. The van der Waals surface area contributed by atoms with Gasteiger partial charge in [0.15, 0.2) is 0 Å². The zero-order chi connectivity index (χ0) is 14.3. The van der Waals surface area contributed by atoms with Crippen LogP contribution in [0.3, 0.4) is 0 Å². The Morgan fingerprint density at radius 1 is 1.21 bits per heavy atom. The molecule has 0 aromatic carbocycles. The molecule has 2 rings (SSSR count). The zero-order valence-electron chi connectivity index (χ0n) is 11.5. The highest BCUT2D eigenvalue weighted by Crippen LogP contribution is 2.38. The van der Waals surface area contributed by atoms with E-state index in [0.717, 1.165) is 0 Å². The number of aromatic nitrogens is 2. The summed E-state index contributed by atoms with van der Waals surface area (Å²) in [4.78, 5) is 7.58. The van der Waals surface area contributed by atoms with Gasteiger partial charge in [-0.3, -0.25) is 0 Å². The third kappa shape index (κ3) is 2.77. The standard InChI is InChI=1S/C12H17BFN3O2/c1-11(2)12(3,4)19-13(18-11)9(14)5-8-6-16-10(15)17-7-8/h5-7H,1-4H3,(H2,15,16,17). The molecule has 1 aliphatic heterocycles. The van der Waals surface area contributed by atoms with Gasteiger partial charge in [-0.2, -0.15) is 0 Å². The Bertz CT molecular complexity index is 486. The maximum Gasteiger partial charge on any atom is 0.525 e. The Labute approximate surface area is 112 Å². The molecule has 5 nitrogen and oxygen atoms in total. The summed E-state index contributed by atoms with van der Waals surface area (Å²) in [6.07, 6.45) is 4.15. The molecule has 0 saturated carbocycles. The summed E-state index contributed by atoms with van der Waals surface area (Å²) in [5, 5.41) is 0. The number of anilines is 1. The van der Waals surface area contributed by atoms with E-state index in [2.05, 4.69) is 9.97 Å². The van der Waals surface area contributed by atoms with Gasteiger partial charge in [0.05, 0.1) is 11.2 Å². The van der Waals surface area contributed by atoms with Crippen molar-refractivity contribution in [1.29, 1.82) is 0 Å². The molecule has 0 amide bonds. The van der Waals surface area contributed by atoms with E-state index in [1.54, 1.807) is 0 Å². The summed E-state index contributed by atoms with van der Waals surface area (Å²) in [7, 11) is -1.01. The Balaban J connectivity index is 2.17. The van der Waals surface area contributed by atoms with Crippen LogP contribution < -0.4 is 5.73 Å². The molecule has 1 aromatic heterocycles. The van der Waals surface area contributed by atoms with E-state index in [4.69, 9.17) is 15.0 Å². The van der Waals surface area contributed by atoms with Crippen LogP contribution in [0.1, 0.15) is 33.3 Å². The molecule has 0 spiro atoms. The lowest BCUT2D eigenvalue weighted by molar-refractivity contribution is 0.00578. The first kappa shape index (κ1) is 14.0. The summed E-state index contributed by atoms with van der Waals surface area (Å²) in [5.41, 5.74) is 4.21. The van der Waals surface area contributed by atoms with Crippen LogP contribution in [-0.4, -0.2) is 28.3 Å². The first-order chi connectivity index (χ1) is 8.71. The molecule has 0 radical (unpaired) electrons. The largest absolute Gasteiger partial charge is 0.525 e. The highest BCUT2D eigenvalue weighted by atomic mass is 19.1. The molecule has 1 aliphatic rings. The van der Waals surface area contributed by atoms with Gasteiger partial charge in [-0.15, -0.1) is 0 Å². The predicted molar refractivity (Wildman–Crippen MR) is 71.6 cm³/mol. The quantitative estimate of drug-likeness (QED) is 0.828. The van der Waals surface area contributed by atoms with E-state index in [1.807, 2.05) is 27.7 Å². The van der Waals surface area contributed by atoms with Crippen molar-refractivity contribution in [2.24, 2.45) is 0 Å². The van der Waals surface area contributed by atoms with E-state index in [0.29, 0.717) is 5.56 Å². The normalized spacial score (nSPS) is 21.7. The summed E-state index contributed by atoms with van der Waals surface area (Å²) in [6, 6.07) is 0. The van der Waals surface area contributed by atoms with Crippen LogP contribution in [0.2, 0.25) is 0 Å². The van der Waals surface area contributed by atoms with E-state index in [1.165, 1.54) is 18.5 Å². The van der Waals surface area contributed by atoms with E-state index < -0.39 is 24.0 Å². The molecule has 2 heterocycles. The molecule has 0 aliphatic carbocycles. The van der Waals surface area contributed by atoms with Crippen LogP contribution in [0, 0.1) is 0 Å². The molecular formula is C12H17BFN3O2. The minimum Gasteiger partial charge on any atom is -0.398 e. The SMILES string of the molecule is CC1(C)OB(C(F)=Cc2cnc(N)nc2)OC1(C)C. The van der Waals surface area contributed by atoms with E-state index in [9.17, 15) is 4.39 Å². The minimum atomic E-state index is -1.01. The number of hydrogen-bond donors (Lipinski definition) is 1. The monoisotopic (exact) mass is 265 g/mol. The molecular weight excluding hydrogens is 248 g/mol. The van der Waals surface area contributed by atoms with Gasteiger partial charge in [0.2, 0.25) is 5.95 Å². The van der Waals surface area contributed by atoms with E-state index >= 15 is 0 Å². The maximum atomic E-state index is 14.1. The maximum absolute atomic E-state index is 14.1. The van der Waals surface area contributed by atoms with Gasteiger partial charge < -0.3 is 15.0 Å². The molecule has 102 valence electrons. The van der Waals surface area contributed by atoms with Crippen LogP contribution in [0.5, 0.6) is 0 Å². The topological polar surface area (TPSA) is 70.3 Å². The lowest BCUT2D eigenvalue weighted by Crippen LogP contribution is -2.41. The van der Waals surface area contributed by atoms with Gasteiger partial charge in [-0.25, -0.2) is 14.4 Å². The van der Waals surface area contributed by atoms with E-state index in [-0.39, 0.29) is 5.95 Å². The summed E-state index contributed by atoms with van der Waals surface area (Å²) in [6.45, 7) is 7.47. The van der Waals surface area contributed by atoms with Crippen molar-refractivity contribution in [1.82, 2.24) is 9.97 Å². The third-order valence-corrected chi connectivity index (χ3v) is 3.47. The van der Waals surface area contributed by atoms with Gasteiger partial charge in [-0.05, 0) is 33.8 Å². The van der Waals surface area contributed by atoms with Crippen LogP contribution in [0.25, 0.3) is 6.08 Å². The lowest BCUT2D eigenvalue weighted by atomic mass is 9.87. The van der Waals surface area contributed by atoms with Crippen molar-refractivity contribution in [3.05, 3.63) is 23.7 Å². The lowest BCUT2D eigenvalue weighted by Gasteiger charge is -2.32. The second kappa shape index (κ2) is 4.57. The highest BCUT2D eigenvalue weighted by molar-refractivity contribution is 6.54. The fraction of sp³-hybridized carbons (Fsp3) is 0.500. The molecule has 1 aromatic rings. The summed E-state index contributed by atoms with van der Waals surface area (Å²) < 4.78 is 25.3. The molecule has 0 unspecified atom stereocenters. The van der Waals surface area contributed by atoms with Gasteiger partial charge >= 0.3 is 7.12 Å². The molecule has 1 fully saturated rings. The fourth-order valence-corrected chi connectivity index (χ4v) is 1.61. The van der Waals surface area contributed by atoms with Crippen LogP contribution >= 0.6 is 0 Å². The molecule has 2 N–H and O–H groups in total. The van der Waals surface area contributed by atoms with Crippen molar-refractivity contribution >= 4 is 19.1 Å².